The van der Waals surface area contributed by atoms with Gasteiger partial charge in [-0.1, -0.05) is 48.7 Å². The Bertz CT molecular complexity index is 455. The van der Waals surface area contributed by atoms with E-state index in [-0.39, 0.29) is 0 Å². The smallest absolute Gasteiger partial charge is 0.0962 e. The molecule has 1 nitrogen and oxygen atoms in total. The fourth-order valence-electron chi connectivity index (χ4n) is 1.37. The lowest BCUT2D eigenvalue weighted by atomic mass is 10.1. The molecule has 0 aliphatic carbocycles. The van der Waals surface area contributed by atoms with Crippen molar-refractivity contribution in [2.45, 2.75) is 26.7 Å². The highest BCUT2D eigenvalue weighted by Crippen LogP contribution is 2.28. The van der Waals surface area contributed by atoms with Crippen LogP contribution in [0.4, 0.5) is 0 Å². The van der Waals surface area contributed by atoms with Gasteiger partial charge in [0, 0.05) is 10.6 Å². The summed E-state index contributed by atoms with van der Waals surface area (Å²) >= 11 is 12.2. The van der Waals surface area contributed by atoms with Gasteiger partial charge in [-0.15, -0.1) is 0 Å². The molecule has 0 saturated heterocycles. The normalized spacial score (nSPS) is 11.9. The molecule has 1 aromatic carbocycles. The first-order valence-electron chi connectivity index (χ1n) is 5.15. The minimum atomic E-state index is 0.506. The first-order chi connectivity index (χ1) is 7.60. The van der Waals surface area contributed by atoms with E-state index in [4.69, 9.17) is 28.5 Å². The van der Waals surface area contributed by atoms with Crippen molar-refractivity contribution in [3.63, 3.8) is 0 Å². The Labute approximate surface area is 106 Å². The number of allylic oxidation sites excluding steroid dienone is 1. The first-order valence-corrected chi connectivity index (χ1v) is 5.91. The van der Waals surface area contributed by atoms with E-state index in [1.807, 2.05) is 26.0 Å². The van der Waals surface area contributed by atoms with Gasteiger partial charge in [0.2, 0.25) is 0 Å². The van der Waals surface area contributed by atoms with E-state index in [1.165, 1.54) is 0 Å². The van der Waals surface area contributed by atoms with Crippen molar-refractivity contribution >= 4 is 28.2 Å². The predicted octanol–water partition coefficient (Wildman–Crippen LogP) is 4.92. The maximum Gasteiger partial charge on any atom is 0.0962 e. The molecule has 0 fully saturated rings. The molecule has 0 amide bonds. The van der Waals surface area contributed by atoms with Gasteiger partial charge in [0.1, 0.15) is 0 Å². The third kappa shape index (κ3) is 3.01. The van der Waals surface area contributed by atoms with Crippen molar-refractivity contribution in [1.29, 1.82) is 5.26 Å². The van der Waals surface area contributed by atoms with Gasteiger partial charge in [0.25, 0.3) is 0 Å². The zero-order valence-corrected chi connectivity index (χ0v) is 10.9. The van der Waals surface area contributed by atoms with E-state index in [0.29, 0.717) is 22.0 Å². The first kappa shape index (κ1) is 13.1. The summed E-state index contributed by atoms with van der Waals surface area (Å²) < 4.78 is 0. The van der Waals surface area contributed by atoms with Crippen molar-refractivity contribution in [1.82, 2.24) is 0 Å². The number of halogens is 2. The van der Waals surface area contributed by atoms with E-state index < -0.39 is 0 Å². The van der Waals surface area contributed by atoms with E-state index in [2.05, 4.69) is 6.07 Å². The van der Waals surface area contributed by atoms with Gasteiger partial charge in [0.05, 0.1) is 11.1 Å². The molecule has 0 saturated carbocycles. The fraction of sp³-hybridized carbons (Fsp3) is 0.308. The molecule has 0 atom stereocenters. The molecule has 0 bridgehead atoms. The summed E-state index contributed by atoms with van der Waals surface area (Å²) in [6.45, 7) is 3.95. The quantitative estimate of drug-likeness (QED) is 0.702. The van der Waals surface area contributed by atoms with Crippen LogP contribution in [0.1, 0.15) is 30.9 Å². The highest BCUT2D eigenvalue weighted by atomic mass is 35.5. The lowest BCUT2D eigenvalue weighted by Gasteiger charge is -2.05. The van der Waals surface area contributed by atoms with E-state index in [1.54, 1.807) is 6.07 Å². The predicted molar refractivity (Wildman–Crippen MR) is 69.5 cm³/mol. The van der Waals surface area contributed by atoms with Crippen molar-refractivity contribution in [2.24, 2.45) is 0 Å². The van der Waals surface area contributed by atoms with Gasteiger partial charge < -0.3 is 0 Å². The zero-order chi connectivity index (χ0) is 12.1. The van der Waals surface area contributed by atoms with Crippen molar-refractivity contribution in [2.75, 3.05) is 0 Å². The van der Waals surface area contributed by atoms with Crippen molar-refractivity contribution in [3.8, 4) is 6.07 Å². The summed E-state index contributed by atoms with van der Waals surface area (Å²) in [6, 6.07) is 7.73. The largest absolute Gasteiger partial charge is 0.193 e. The minimum absolute atomic E-state index is 0.506. The Morgan fingerprint density at radius 2 is 2.12 bits per heavy atom. The van der Waals surface area contributed by atoms with Crippen LogP contribution in [-0.4, -0.2) is 0 Å². The van der Waals surface area contributed by atoms with Crippen LogP contribution >= 0.6 is 23.2 Å². The molecule has 3 heteroatoms. The molecule has 1 rings (SSSR count). The van der Waals surface area contributed by atoms with Gasteiger partial charge in [-0.05, 0) is 30.5 Å². The summed E-state index contributed by atoms with van der Waals surface area (Å²) in [5.74, 6) is 0. The summed E-state index contributed by atoms with van der Waals surface area (Å²) in [6.07, 6.45) is 1.60. The van der Waals surface area contributed by atoms with Gasteiger partial charge in [-0.3, -0.25) is 0 Å². The number of rotatable bonds is 3. The van der Waals surface area contributed by atoms with Gasteiger partial charge >= 0.3 is 0 Å². The molecule has 0 aromatic heterocycles. The Kier molecular flexibility index (Phi) is 4.86. The monoisotopic (exact) mass is 253 g/mol. The number of nitrogens with zero attached hydrogens (tertiary/aromatic N) is 1. The van der Waals surface area contributed by atoms with Gasteiger partial charge in [-0.25, -0.2) is 0 Å². The highest BCUT2D eigenvalue weighted by molar-refractivity contribution is 6.49. The third-order valence-corrected chi connectivity index (χ3v) is 3.18. The SMILES string of the molecule is CCCC(C#N)=C(Cl)c1ccc(C)c(Cl)c1. The average Bonchev–Trinajstić information content (AvgIpc) is 2.28. The second kappa shape index (κ2) is 5.94. The lowest BCUT2D eigenvalue weighted by Crippen LogP contribution is -1.86. The second-order valence-electron chi connectivity index (χ2n) is 3.62. The number of aryl methyl sites for hydroxylation is 1. The standard InChI is InChI=1S/C13H13Cl2N/c1-3-4-11(8-16)13(15)10-6-5-9(2)12(14)7-10/h5-7H,3-4H2,1-2H3. The molecule has 0 spiro atoms. The van der Waals surface area contributed by atoms with Crippen LogP contribution in [-0.2, 0) is 0 Å². The third-order valence-electron chi connectivity index (χ3n) is 2.33. The molecule has 84 valence electrons. The lowest BCUT2D eigenvalue weighted by molar-refractivity contribution is 0.933. The topological polar surface area (TPSA) is 23.8 Å². The maximum atomic E-state index is 8.99. The molecular formula is C13H13Cl2N. The van der Waals surface area contributed by atoms with Crippen LogP contribution in [0.25, 0.3) is 5.03 Å². The summed E-state index contributed by atoms with van der Waals surface area (Å²) in [5, 5.41) is 10.2. The second-order valence-corrected chi connectivity index (χ2v) is 4.40. The van der Waals surface area contributed by atoms with Crippen LogP contribution < -0.4 is 0 Å². The van der Waals surface area contributed by atoms with Gasteiger partial charge in [0.15, 0.2) is 0 Å². The summed E-state index contributed by atoms with van der Waals surface area (Å²) in [7, 11) is 0. The van der Waals surface area contributed by atoms with E-state index in [9.17, 15) is 0 Å². The average molecular weight is 254 g/mol. The molecule has 0 heterocycles. The molecule has 0 radical (unpaired) electrons. The summed E-state index contributed by atoms with van der Waals surface area (Å²) in [5.41, 5.74) is 2.43. The molecule has 0 N–H and O–H groups in total. The Morgan fingerprint density at radius 1 is 1.44 bits per heavy atom. The number of benzene rings is 1. The van der Waals surface area contributed by atoms with Crippen LogP contribution in [0.2, 0.25) is 5.02 Å². The molecule has 0 aliphatic heterocycles. The molecular weight excluding hydrogens is 241 g/mol. The summed E-state index contributed by atoms with van der Waals surface area (Å²) in [4.78, 5) is 0. The number of hydrogen-bond donors (Lipinski definition) is 0. The van der Waals surface area contributed by atoms with Crippen molar-refractivity contribution in [3.05, 3.63) is 39.9 Å². The Balaban J connectivity index is 3.17. The van der Waals surface area contributed by atoms with Crippen LogP contribution in [0.15, 0.2) is 23.8 Å². The Hall–Kier alpha value is -0.970. The molecule has 0 unspecified atom stereocenters. The maximum absolute atomic E-state index is 8.99. The highest BCUT2D eigenvalue weighted by Gasteiger charge is 2.07. The van der Waals surface area contributed by atoms with Crippen LogP contribution in [0.5, 0.6) is 0 Å². The zero-order valence-electron chi connectivity index (χ0n) is 9.35. The minimum Gasteiger partial charge on any atom is -0.193 e. The molecule has 0 aliphatic rings. The van der Waals surface area contributed by atoms with Crippen LogP contribution in [0, 0.1) is 18.3 Å². The number of hydrogen-bond acceptors (Lipinski definition) is 1. The molecule has 1 aromatic rings. The van der Waals surface area contributed by atoms with E-state index >= 15 is 0 Å². The van der Waals surface area contributed by atoms with E-state index in [0.717, 1.165) is 17.5 Å². The van der Waals surface area contributed by atoms with Gasteiger partial charge in [-0.2, -0.15) is 5.26 Å². The Morgan fingerprint density at radius 3 is 2.62 bits per heavy atom. The fourth-order valence-corrected chi connectivity index (χ4v) is 1.80. The number of nitriles is 1. The van der Waals surface area contributed by atoms with Crippen LogP contribution in [0.3, 0.4) is 0 Å². The van der Waals surface area contributed by atoms with Crippen molar-refractivity contribution < 1.29 is 0 Å². The molecule has 16 heavy (non-hydrogen) atoms.